The molecule has 0 atom stereocenters. The molecule has 3 heteroatoms. The Balaban J connectivity index is 3.49. The fourth-order valence-electron chi connectivity index (χ4n) is 1.08. The lowest BCUT2D eigenvalue weighted by molar-refractivity contribution is 0.0690. The number of nitrogens with zero attached hydrogens (tertiary/aromatic N) is 1. The Bertz CT molecular complexity index is 435. The van der Waals surface area contributed by atoms with E-state index in [2.05, 4.69) is 4.98 Å². The Morgan fingerprint density at radius 2 is 2.08 bits per heavy atom. The van der Waals surface area contributed by atoms with Crippen molar-refractivity contribution in [3.8, 4) is 0 Å². The number of hydrogen-bond donors (Lipinski definition) is 1. The molecule has 1 rings (SSSR count). The summed E-state index contributed by atoms with van der Waals surface area (Å²) in [5, 5.41) is 10.3. The molecule has 1 heterocycles. The van der Waals surface area contributed by atoms with Crippen LogP contribution in [0, 0.1) is 0 Å². The summed E-state index contributed by atoms with van der Waals surface area (Å²) < 4.78 is 0. The highest BCUT2D eigenvalue weighted by Crippen LogP contribution is 1.86. The minimum absolute atomic E-state index is 0.0821. The second-order valence-electron chi connectivity index (χ2n) is 2.55. The molecule has 0 unspecified atom stereocenters. The van der Waals surface area contributed by atoms with Gasteiger partial charge in [-0.3, -0.25) is 0 Å². The Morgan fingerprint density at radius 3 is 2.54 bits per heavy atom. The number of rotatable bonds is 1. The first kappa shape index (κ1) is 9.45. The van der Waals surface area contributed by atoms with Crippen LogP contribution in [-0.2, 0) is 0 Å². The molecule has 3 nitrogen and oxygen atoms in total. The number of aromatic carboxylic acids is 1. The molecule has 13 heavy (non-hydrogen) atoms. The van der Waals surface area contributed by atoms with E-state index in [9.17, 15) is 4.79 Å². The number of carboxylic acids is 1. The lowest BCUT2D eigenvalue weighted by atomic mass is 10.2. The molecule has 1 aromatic heterocycles. The predicted octanol–water partition coefficient (Wildman–Crippen LogP) is 0.381. The Labute approximate surface area is 76.1 Å². The van der Waals surface area contributed by atoms with Gasteiger partial charge in [-0.15, -0.1) is 0 Å². The maximum absolute atomic E-state index is 10.6. The Hall–Kier alpha value is -1.64. The lowest BCUT2D eigenvalue weighted by Gasteiger charge is -1.93. The summed E-state index contributed by atoms with van der Waals surface area (Å²) in [5.41, 5.74) is 0.0821. The molecule has 0 aliphatic heterocycles. The first-order chi connectivity index (χ1) is 6.19. The fraction of sp³-hybridized carbons (Fsp3) is 0.200. The molecule has 0 saturated heterocycles. The smallest absolute Gasteiger partial charge is 0.354 e. The first-order valence-corrected chi connectivity index (χ1v) is 4.02. The van der Waals surface area contributed by atoms with Gasteiger partial charge in [0.05, 0.1) is 5.35 Å². The molecule has 1 N–H and O–H groups in total. The zero-order chi connectivity index (χ0) is 9.84. The summed E-state index contributed by atoms with van der Waals surface area (Å²) >= 11 is 0. The van der Waals surface area contributed by atoms with Crippen LogP contribution in [0.2, 0.25) is 0 Å². The zero-order valence-corrected chi connectivity index (χ0v) is 7.61. The van der Waals surface area contributed by atoms with E-state index in [-0.39, 0.29) is 5.69 Å². The summed E-state index contributed by atoms with van der Waals surface area (Å²) in [4.78, 5) is 14.6. The van der Waals surface area contributed by atoms with Crippen LogP contribution in [-0.4, -0.2) is 16.1 Å². The van der Waals surface area contributed by atoms with Crippen LogP contribution in [0.5, 0.6) is 0 Å². The summed E-state index contributed by atoms with van der Waals surface area (Å²) in [5.74, 6) is -0.995. The molecule has 68 valence electrons. The SMILES string of the molecule is C/C=c1/ccc(C(=O)O)n/c1=C/C. The van der Waals surface area contributed by atoms with Crippen LogP contribution in [0.25, 0.3) is 12.2 Å². The minimum Gasteiger partial charge on any atom is -0.477 e. The molecule has 0 fully saturated rings. The molecular formula is C10H11NO2. The molecule has 0 saturated carbocycles. The van der Waals surface area contributed by atoms with Crippen molar-refractivity contribution in [3.05, 3.63) is 28.4 Å². The molecule has 0 radical (unpaired) electrons. The third-order valence-electron chi connectivity index (χ3n) is 1.76. The van der Waals surface area contributed by atoms with E-state index in [0.717, 1.165) is 5.22 Å². The minimum atomic E-state index is -0.995. The van der Waals surface area contributed by atoms with Crippen molar-refractivity contribution >= 4 is 18.1 Å². The summed E-state index contributed by atoms with van der Waals surface area (Å²) in [6.07, 6.45) is 3.69. The topological polar surface area (TPSA) is 50.2 Å². The molecule has 0 aliphatic carbocycles. The second kappa shape index (κ2) is 3.85. The van der Waals surface area contributed by atoms with E-state index in [1.54, 1.807) is 12.1 Å². The maximum atomic E-state index is 10.6. The number of carbonyl (C=O) groups is 1. The van der Waals surface area contributed by atoms with Crippen LogP contribution < -0.4 is 10.6 Å². The van der Waals surface area contributed by atoms with Crippen LogP contribution in [0.4, 0.5) is 0 Å². The van der Waals surface area contributed by atoms with Crippen molar-refractivity contribution in [2.75, 3.05) is 0 Å². The monoisotopic (exact) mass is 177 g/mol. The average Bonchev–Trinajstić information content (AvgIpc) is 2.16. The van der Waals surface area contributed by atoms with E-state index >= 15 is 0 Å². The number of hydrogen-bond acceptors (Lipinski definition) is 2. The standard InChI is InChI=1S/C10H11NO2/c1-3-7-5-6-9(10(12)13)11-8(7)4-2/h3-6H,1-2H3,(H,12,13)/b7-3-,8-4+. The Kier molecular flexibility index (Phi) is 2.80. The molecule has 0 amide bonds. The van der Waals surface area contributed by atoms with Crippen molar-refractivity contribution in [2.45, 2.75) is 13.8 Å². The van der Waals surface area contributed by atoms with Crippen molar-refractivity contribution < 1.29 is 9.90 Å². The van der Waals surface area contributed by atoms with Crippen LogP contribution in [0.15, 0.2) is 12.1 Å². The van der Waals surface area contributed by atoms with Gasteiger partial charge in [0.2, 0.25) is 0 Å². The lowest BCUT2D eigenvalue weighted by Crippen LogP contribution is -2.29. The van der Waals surface area contributed by atoms with E-state index in [1.165, 1.54) is 6.07 Å². The van der Waals surface area contributed by atoms with Gasteiger partial charge in [-0.05, 0) is 25.1 Å². The highest BCUT2D eigenvalue weighted by molar-refractivity contribution is 5.85. The first-order valence-electron chi connectivity index (χ1n) is 4.02. The van der Waals surface area contributed by atoms with Gasteiger partial charge in [-0.25, -0.2) is 9.78 Å². The van der Waals surface area contributed by atoms with Gasteiger partial charge in [0.1, 0.15) is 5.69 Å². The summed E-state index contributed by atoms with van der Waals surface area (Å²) in [6.45, 7) is 3.73. The highest BCUT2D eigenvalue weighted by Gasteiger charge is 2.01. The normalized spacial score (nSPS) is 13.4. The van der Waals surface area contributed by atoms with Crippen molar-refractivity contribution in [1.29, 1.82) is 0 Å². The van der Waals surface area contributed by atoms with Gasteiger partial charge in [0, 0.05) is 0 Å². The zero-order valence-electron chi connectivity index (χ0n) is 7.61. The predicted molar refractivity (Wildman–Crippen MR) is 50.7 cm³/mol. The second-order valence-corrected chi connectivity index (χ2v) is 2.55. The third kappa shape index (κ3) is 1.93. The van der Waals surface area contributed by atoms with Gasteiger partial charge in [-0.1, -0.05) is 18.2 Å². The molecule has 0 aliphatic rings. The molecular weight excluding hydrogens is 166 g/mol. The van der Waals surface area contributed by atoms with Gasteiger partial charge in [0.25, 0.3) is 0 Å². The van der Waals surface area contributed by atoms with Gasteiger partial charge in [-0.2, -0.15) is 0 Å². The van der Waals surface area contributed by atoms with Crippen molar-refractivity contribution in [3.63, 3.8) is 0 Å². The van der Waals surface area contributed by atoms with Gasteiger partial charge < -0.3 is 5.11 Å². The summed E-state index contributed by atoms with van der Waals surface area (Å²) in [7, 11) is 0. The molecule has 0 bridgehead atoms. The molecule has 0 aromatic carbocycles. The quantitative estimate of drug-likeness (QED) is 0.674. The van der Waals surface area contributed by atoms with Gasteiger partial charge >= 0.3 is 5.97 Å². The molecule has 1 aromatic rings. The van der Waals surface area contributed by atoms with Crippen molar-refractivity contribution in [2.24, 2.45) is 0 Å². The van der Waals surface area contributed by atoms with Crippen molar-refractivity contribution in [1.82, 2.24) is 4.98 Å². The van der Waals surface area contributed by atoms with E-state index < -0.39 is 5.97 Å². The number of pyridine rings is 1. The number of aromatic nitrogens is 1. The summed E-state index contributed by atoms with van der Waals surface area (Å²) in [6, 6.07) is 3.26. The third-order valence-corrected chi connectivity index (χ3v) is 1.76. The van der Waals surface area contributed by atoms with E-state index in [0.29, 0.717) is 5.35 Å². The maximum Gasteiger partial charge on any atom is 0.354 e. The number of carboxylic acid groups (broad SMARTS) is 1. The van der Waals surface area contributed by atoms with Crippen LogP contribution >= 0.6 is 0 Å². The highest BCUT2D eigenvalue weighted by atomic mass is 16.4. The van der Waals surface area contributed by atoms with Gasteiger partial charge in [0.15, 0.2) is 0 Å². The van der Waals surface area contributed by atoms with E-state index in [1.807, 2.05) is 19.9 Å². The van der Waals surface area contributed by atoms with Crippen LogP contribution in [0.1, 0.15) is 24.3 Å². The Morgan fingerprint density at radius 1 is 1.38 bits per heavy atom. The fourth-order valence-corrected chi connectivity index (χ4v) is 1.08. The van der Waals surface area contributed by atoms with E-state index in [4.69, 9.17) is 5.11 Å². The molecule has 0 spiro atoms. The average molecular weight is 177 g/mol. The van der Waals surface area contributed by atoms with Crippen LogP contribution in [0.3, 0.4) is 0 Å². The largest absolute Gasteiger partial charge is 0.477 e.